The van der Waals surface area contributed by atoms with Crippen LogP contribution < -0.4 is 0 Å². The number of nitrogens with zero attached hydrogens (tertiary/aromatic N) is 3. The highest BCUT2D eigenvalue weighted by molar-refractivity contribution is 5.65. The molecular formula is C27H22FN3. The maximum Gasteiger partial charge on any atom is 0.159 e. The van der Waals surface area contributed by atoms with Crippen LogP contribution in [0.1, 0.15) is 16.8 Å². The van der Waals surface area contributed by atoms with Crippen molar-refractivity contribution >= 4 is 5.65 Å². The van der Waals surface area contributed by atoms with Crippen LogP contribution in [0.25, 0.3) is 28.0 Å². The number of aromatic nitrogens is 3. The van der Waals surface area contributed by atoms with Gasteiger partial charge in [0.15, 0.2) is 5.65 Å². The van der Waals surface area contributed by atoms with Crippen molar-refractivity contribution in [1.29, 1.82) is 0 Å². The minimum absolute atomic E-state index is 0.181. The lowest BCUT2D eigenvalue weighted by Crippen LogP contribution is -2.01. The minimum Gasteiger partial charge on any atom is -0.297 e. The summed E-state index contributed by atoms with van der Waals surface area (Å²) in [6.45, 7) is 2.04. The first-order valence-corrected chi connectivity index (χ1v) is 10.4. The van der Waals surface area contributed by atoms with Crippen molar-refractivity contribution in [3.8, 4) is 22.4 Å². The van der Waals surface area contributed by atoms with E-state index in [0.29, 0.717) is 18.4 Å². The zero-order valence-electron chi connectivity index (χ0n) is 17.3. The van der Waals surface area contributed by atoms with Crippen LogP contribution in [0.5, 0.6) is 0 Å². The Morgan fingerprint density at radius 3 is 2.42 bits per heavy atom. The molecule has 31 heavy (non-hydrogen) atoms. The van der Waals surface area contributed by atoms with E-state index in [9.17, 15) is 4.39 Å². The van der Waals surface area contributed by atoms with Crippen LogP contribution in [-0.4, -0.2) is 14.4 Å². The molecule has 5 aromatic rings. The van der Waals surface area contributed by atoms with Crippen molar-refractivity contribution in [3.63, 3.8) is 0 Å². The first kappa shape index (κ1) is 19.2. The molecule has 5 rings (SSSR count). The summed E-state index contributed by atoms with van der Waals surface area (Å²) in [5, 5.41) is 0. The van der Waals surface area contributed by atoms with Gasteiger partial charge in [-0.1, -0.05) is 72.3 Å². The number of benzene rings is 3. The van der Waals surface area contributed by atoms with Gasteiger partial charge in [0.2, 0.25) is 0 Å². The number of halogens is 1. The Balaban J connectivity index is 1.39. The van der Waals surface area contributed by atoms with E-state index in [0.717, 1.165) is 39.3 Å². The molecule has 2 aromatic heterocycles. The summed E-state index contributed by atoms with van der Waals surface area (Å²) in [7, 11) is 0. The summed E-state index contributed by atoms with van der Waals surface area (Å²) >= 11 is 0. The smallest absolute Gasteiger partial charge is 0.159 e. The topological polar surface area (TPSA) is 30.2 Å². The zero-order chi connectivity index (χ0) is 21.2. The van der Waals surface area contributed by atoms with Gasteiger partial charge in [-0.2, -0.15) is 0 Å². The highest BCUT2D eigenvalue weighted by Gasteiger charge is 2.12. The largest absolute Gasteiger partial charge is 0.297 e. The normalized spacial score (nSPS) is 11.2. The number of rotatable bonds is 5. The molecule has 0 saturated carbocycles. The number of imidazole rings is 1. The minimum atomic E-state index is -0.181. The number of fused-ring (bicyclic) bond motifs is 1. The molecular weight excluding hydrogens is 385 g/mol. The Labute approximate surface area is 180 Å². The van der Waals surface area contributed by atoms with Crippen molar-refractivity contribution in [3.05, 3.63) is 114 Å². The highest BCUT2D eigenvalue weighted by Crippen LogP contribution is 2.25. The van der Waals surface area contributed by atoms with Gasteiger partial charge < -0.3 is 0 Å². The van der Waals surface area contributed by atoms with E-state index in [1.165, 1.54) is 0 Å². The summed E-state index contributed by atoms with van der Waals surface area (Å²) < 4.78 is 16.9. The molecule has 0 saturated heterocycles. The van der Waals surface area contributed by atoms with E-state index >= 15 is 0 Å². The number of hydrogen-bond donors (Lipinski definition) is 0. The van der Waals surface area contributed by atoms with Gasteiger partial charge in [0.25, 0.3) is 0 Å². The van der Waals surface area contributed by atoms with Gasteiger partial charge in [0.1, 0.15) is 5.82 Å². The number of aryl methyl sites for hydroxylation is 3. The van der Waals surface area contributed by atoms with Crippen molar-refractivity contribution < 1.29 is 4.39 Å². The molecule has 0 aliphatic rings. The third-order valence-electron chi connectivity index (χ3n) is 5.61. The maximum atomic E-state index is 14.8. The molecule has 3 aromatic carbocycles. The third kappa shape index (κ3) is 3.84. The fourth-order valence-electron chi connectivity index (χ4n) is 3.98. The second-order valence-electron chi connectivity index (χ2n) is 7.75. The van der Waals surface area contributed by atoms with E-state index in [1.807, 2.05) is 67.8 Å². The lowest BCUT2D eigenvalue weighted by molar-refractivity contribution is 0.608. The molecule has 3 nitrogen and oxygen atoms in total. The van der Waals surface area contributed by atoms with E-state index in [4.69, 9.17) is 0 Å². The fraction of sp³-hybridized carbons (Fsp3) is 0.111. The maximum absolute atomic E-state index is 14.8. The summed E-state index contributed by atoms with van der Waals surface area (Å²) in [6, 6.07) is 23.8. The quantitative estimate of drug-likeness (QED) is 0.342. The van der Waals surface area contributed by atoms with Crippen molar-refractivity contribution in [1.82, 2.24) is 14.4 Å². The zero-order valence-corrected chi connectivity index (χ0v) is 17.3. The standard InChI is InChI=1S/C27H22FN3/c1-19-6-5-9-22(16-19)23-11-10-20(24(28)17-23)12-13-25-27-30-18-26(31(27)15-14-29-25)21-7-3-2-4-8-21/h2-11,14-18H,12-13H2,1H3. The Morgan fingerprint density at radius 1 is 0.806 bits per heavy atom. The molecule has 0 fully saturated rings. The van der Waals surface area contributed by atoms with Crippen molar-refractivity contribution in [2.24, 2.45) is 0 Å². The predicted molar refractivity (Wildman–Crippen MR) is 122 cm³/mol. The van der Waals surface area contributed by atoms with Gasteiger partial charge >= 0.3 is 0 Å². The molecule has 2 heterocycles. The van der Waals surface area contributed by atoms with Crippen LogP contribution >= 0.6 is 0 Å². The van der Waals surface area contributed by atoms with Crippen LogP contribution in [0.15, 0.2) is 91.4 Å². The van der Waals surface area contributed by atoms with Crippen LogP contribution in [-0.2, 0) is 12.8 Å². The van der Waals surface area contributed by atoms with Gasteiger partial charge in [-0.3, -0.25) is 9.38 Å². The summed E-state index contributed by atoms with van der Waals surface area (Å²) in [4.78, 5) is 9.13. The summed E-state index contributed by atoms with van der Waals surface area (Å²) in [5.74, 6) is -0.181. The molecule has 4 heteroatoms. The average Bonchev–Trinajstić information content (AvgIpc) is 3.24. The van der Waals surface area contributed by atoms with E-state index < -0.39 is 0 Å². The van der Waals surface area contributed by atoms with Crippen LogP contribution in [0, 0.1) is 12.7 Å². The molecule has 0 N–H and O–H groups in total. The second-order valence-corrected chi connectivity index (χ2v) is 7.75. The third-order valence-corrected chi connectivity index (χ3v) is 5.61. The van der Waals surface area contributed by atoms with Gasteiger partial charge in [-0.05, 0) is 42.5 Å². The summed E-state index contributed by atoms with van der Waals surface area (Å²) in [6.07, 6.45) is 6.77. The molecule has 152 valence electrons. The Morgan fingerprint density at radius 2 is 1.61 bits per heavy atom. The Kier molecular flexibility index (Phi) is 5.04. The number of hydrogen-bond acceptors (Lipinski definition) is 2. The van der Waals surface area contributed by atoms with E-state index in [-0.39, 0.29) is 5.82 Å². The monoisotopic (exact) mass is 407 g/mol. The first-order chi connectivity index (χ1) is 15.2. The lowest BCUT2D eigenvalue weighted by Gasteiger charge is -2.08. The molecule has 0 radical (unpaired) electrons. The van der Waals surface area contributed by atoms with Crippen molar-refractivity contribution in [2.75, 3.05) is 0 Å². The molecule has 0 atom stereocenters. The van der Waals surface area contributed by atoms with Crippen molar-refractivity contribution in [2.45, 2.75) is 19.8 Å². The molecule has 0 amide bonds. The van der Waals surface area contributed by atoms with Gasteiger partial charge in [-0.25, -0.2) is 9.37 Å². The molecule has 0 aliphatic heterocycles. The van der Waals surface area contributed by atoms with E-state index in [1.54, 1.807) is 12.3 Å². The molecule has 0 aliphatic carbocycles. The Hall–Kier alpha value is -3.79. The van der Waals surface area contributed by atoms with Crippen LogP contribution in [0.4, 0.5) is 4.39 Å². The van der Waals surface area contributed by atoms with Gasteiger partial charge in [-0.15, -0.1) is 0 Å². The first-order valence-electron chi connectivity index (χ1n) is 10.4. The fourth-order valence-corrected chi connectivity index (χ4v) is 3.98. The van der Waals surface area contributed by atoms with Gasteiger partial charge in [0.05, 0.1) is 17.6 Å². The molecule has 0 spiro atoms. The van der Waals surface area contributed by atoms with E-state index in [2.05, 4.69) is 32.6 Å². The predicted octanol–water partition coefficient (Wildman–Crippen LogP) is 6.30. The molecule has 0 bridgehead atoms. The summed E-state index contributed by atoms with van der Waals surface area (Å²) in [5.41, 5.74) is 7.59. The lowest BCUT2D eigenvalue weighted by atomic mass is 10.00. The Bertz CT molecular complexity index is 1360. The highest BCUT2D eigenvalue weighted by atomic mass is 19.1. The van der Waals surface area contributed by atoms with Crippen LogP contribution in [0.3, 0.4) is 0 Å². The average molecular weight is 407 g/mol. The van der Waals surface area contributed by atoms with Crippen LogP contribution in [0.2, 0.25) is 0 Å². The van der Waals surface area contributed by atoms with Gasteiger partial charge in [0, 0.05) is 18.0 Å². The SMILES string of the molecule is Cc1cccc(-c2ccc(CCc3nccn4c(-c5ccccc5)cnc34)c(F)c2)c1. The second kappa shape index (κ2) is 8.15. The molecule has 0 unspecified atom stereocenters.